The number of benzene rings is 3. The normalized spacial score (nSPS) is 15.5. The van der Waals surface area contributed by atoms with Crippen LogP contribution in [0.1, 0.15) is 37.5 Å². The van der Waals surface area contributed by atoms with Crippen LogP contribution in [0, 0.1) is 0 Å². The third-order valence-corrected chi connectivity index (χ3v) is 6.16. The molecule has 178 valence electrons. The number of nitrogens with one attached hydrogen (secondary N) is 1. The summed E-state index contributed by atoms with van der Waals surface area (Å²) < 4.78 is 13.9. The molecule has 1 amide bonds. The molecule has 1 atom stereocenters. The standard InChI is InChI=1S/C29H29N3O3/c1-29(2,3)22-13-14-25-26(15-22)35-27(19-34-25)28(33)31-30-16-21-18-32(17-20-9-5-4-6-10-20)24-12-8-7-11-23(21)24/h4-16,18,27H,17,19H2,1-3H3,(H,31,33)/t27-/m1/s1. The molecule has 0 unspecified atom stereocenters. The molecule has 0 fully saturated rings. The number of aromatic nitrogens is 1. The molecule has 0 saturated heterocycles. The number of ether oxygens (including phenoxy) is 2. The Morgan fingerprint density at radius 1 is 1.06 bits per heavy atom. The van der Waals surface area contributed by atoms with Gasteiger partial charge in [0.15, 0.2) is 11.5 Å². The Hall–Kier alpha value is -4.06. The minimum absolute atomic E-state index is 0.0302. The van der Waals surface area contributed by atoms with E-state index in [0.717, 1.165) is 28.6 Å². The van der Waals surface area contributed by atoms with E-state index in [4.69, 9.17) is 9.47 Å². The van der Waals surface area contributed by atoms with E-state index >= 15 is 0 Å². The quantitative estimate of drug-likeness (QED) is 0.321. The van der Waals surface area contributed by atoms with E-state index in [1.165, 1.54) is 5.56 Å². The number of carbonyl (C=O) groups is 1. The summed E-state index contributed by atoms with van der Waals surface area (Å²) >= 11 is 0. The van der Waals surface area contributed by atoms with E-state index in [2.05, 4.69) is 66.3 Å². The summed E-state index contributed by atoms with van der Waals surface area (Å²) in [5.41, 5.74) is 6.96. The molecule has 5 rings (SSSR count). The highest BCUT2D eigenvalue weighted by atomic mass is 16.6. The molecular weight excluding hydrogens is 438 g/mol. The van der Waals surface area contributed by atoms with Crippen molar-refractivity contribution >= 4 is 23.0 Å². The molecule has 6 heteroatoms. The van der Waals surface area contributed by atoms with Crippen molar-refractivity contribution in [2.45, 2.75) is 38.8 Å². The first-order chi connectivity index (χ1) is 16.9. The Kier molecular flexibility index (Phi) is 6.03. The number of amides is 1. The molecule has 0 radical (unpaired) electrons. The number of rotatable bonds is 5. The Morgan fingerprint density at radius 3 is 2.63 bits per heavy atom. The van der Waals surface area contributed by atoms with Crippen LogP contribution in [0.5, 0.6) is 11.5 Å². The van der Waals surface area contributed by atoms with Crippen LogP contribution < -0.4 is 14.9 Å². The molecule has 4 aromatic rings. The smallest absolute Gasteiger partial charge is 0.284 e. The van der Waals surface area contributed by atoms with Gasteiger partial charge in [-0.3, -0.25) is 4.79 Å². The predicted octanol–water partition coefficient (Wildman–Crippen LogP) is 5.28. The first-order valence-corrected chi connectivity index (χ1v) is 11.8. The van der Waals surface area contributed by atoms with Gasteiger partial charge >= 0.3 is 0 Å². The van der Waals surface area contributed by atoms with Crippen LogP contribution >= 0.6 is 0 Å². The molecule has 1 aliphatic rings. The van der Waals surface area contributed by atoms with E-state index in [-0.39, 0.29) is 17.9 Å². The molecule has 0 aliphatic carbocycles. The number of hydrogen-bond acceptors (Lipinski definition) is 4. The average molecular weight is 468 g/mol. The van der Waals surface area contributed by atoms with Gasteiger partial charge in [-0.25, -0.2) is 5.43 Å². The molecule has 1 aliphatic heterocycles. The Morgan fingerprint density at radius 2 is 1.83 bits per heavy atom. The zero-order chi connectivity index (χ0) is 24.4. The second-order valence-electron chi connectivity index (χ2n) is 9.78. The summed E-state index contributed by atoms with van der Waals surface area (Å²) in [5, 5.41) is 5.30. The summed E-state index contributed by atoms with van der Waals surface area (Å²) in [6.07, 6.45) is 2.96. The van der Waals surface area contributed by atoms with Crippen LogP contribution in [0.3, 0.4) is 0 Å². The highest BCUT2D eigenvalue weighted by molar-refractivity contribution is 5.99. The van der Waals surface area contributed by atoms with Crippen molar-refractivity contribution in [1.29, 1.82) is 0 Å². The molecule has 1 aromatic heterocycles. The van der Waals surface area contributed by atoms with Crippen molar-refractivity contribution in [1.82, 2.24) is 9.99 Å². The second kappa shape index (κ2) is 9.29. The first-order valence-electron chi connectivity index (χ1n) is 11.8. The second-order valence-corrected chi connectivity index (χ2v) is 9.78. The minimum Gasteiger partial charge on any atom is -0.485 e. The van der Waals surface area contributed by atoms with Crippen LogP contribution in [0.4, 0.5) is 0 Å². The van der Waals surface area contributed by atoms with Crippen molar-refractivity contribution < 1.29 is 14.3 Å². The molecular formula is C29H29N3O3. The summed E-state index contributed by atoms with van der Waals surface area (Å²) in [7, 11) is 0. The van der Waals surface area contributed by atoms with E-state index in [9.17, 15) is 4.79 Å². The van der Waals surface area contributed by atoms with Gasteiger partial charge < -0.3 is 14.0 Å². The Bertz CT molecular complexity index is 1380. The molecule has 0 saturated carbocycles. The predicted molar refractivity (Wildman–Crippen MR) is 138 cm³/mol. The van der Waals surface area contributed by atoms with E-state index < -0.39 is 6.10 Å². The SMILES string of the molecule is CC(C)(C)c1ccc2c(c1)O[C@@H](C(=O)NN=Cc1cn(Cc3ccccc3)c3ccccc13)CO2. The lowest BCUT2D eigenvalue weighted by Gasteiger charge is -2.27. The van der Waals surface area contributed by atoms with Gasteiger partial charge in [0, 0.05) is 29.2 Å². The molecule has 35 heavy (non-hydrogen) atoms. The largest absolute Gasteiger partial charge is 0.485 e. The number of nitrogens with zero attached hydrogens (tertiary/aromatic N) is 2. The van der Waals surface area contributed by atoms with Crippen LogP contribution in [-0.4, -0.2) is 29.4 Å². The van der Waals surface area contributed by atoms with Crippen molar-refractivity contribution in [3.05, 3.63) is 95.7 Å². The fraction of sp³-hybridized carbons (Fsp3) is 0.241. The number of para-hydroxylation sites is 1. The molecule has 6 nitrogen and oxygen atoms in total. The molecule has 2 heterocycles. The third kappa shape index (κ3) is 4.92. The van der Waals surface area contributed by atoms with E-state index in [0.29, 0.717) is 11.5 Å². The van der Waals surface area contributed by atoms with Gasteiger partial charge in [0.25, 0.3) is 5.91 Å². The minimum atomic E-state index is -0.769. The average Bonchev–Trinajstić information content (AvgIpc) is 3.20. The van der Waals surface area contributed by atoms with Crippen molar-refractivity contribution in [3.8, 4) is 11.5 Å². The Labute approximate surface area is 205 Å². The van der Waals surface area contributed by atoms with Gasteiger partial charge in [0.1, 0.15) is 6.61 Å². The van der Waals surface area contributed by atoms with Crippen LogP contribution in [0.2, 0.25) is 0 Å². The zero-order valence-electron chi connectivity index (χ0n) is 20.2. The number of fused-ring (bicyclic) bond motifs is 2. The van der Waals surface area contributed by atoms with Crippen molar-refractivity contribution in [2.75, 3.05) is 6.61 Å². The topological polar surface area (TPSA) is 64.8 Å². The molecule has 1 N–H and O–H groups in total. The van der Waals surface area contributed by atoms with Gasteiger partial charge in [-0.05, 0) is 34.7 Å². The Balaban J connectivity index is 1.29. The summed E-state index contributed by atoms with van der Waals surface area (Å²) in [4.78, 5) is 12.8. The maximum atomic E-state index is 12.8. The number of hydrazone groups is 1. The number of carbonyl (C=O) groups excluding carboxylic acids is 1. The van der Waals surface area contributed by atoms with Gasteiger partial charge in [-0.15, -0.1) is 0 Å². The summed E-state index contributed by atoms with van der Waals surface area (Å²) in [6, 6.07) is 24.4. The zero-order valence-corrected chi connectivity index (χ0v) is 20.2. The highest BCUT2D eigenvalue weighted by Gasteiger charge is 2.28. The van der Waals surface area contributed by atoms with Crippen molar-refractivity contribution in [3.63, 3.8) is 0 Å². The fourth-order valence-electron chi connectivity index (χ4n) is 4.19. The van der Waals surface area contributed by atoms with Gasteiger partial charge in [0.2, 0.25) is 6.10 Å². The maximum absolute atomic E-state index is 12.8. The van der Waals surface area contributed by atoms with Crippen molar-refractivity contribution in [2.24, 2.45) is 5.10 Å². The lowest BCUT2D eigenvalue weighted by molar-refractivity contribution is -0.130. The lowest BCUT2D eigenvalue weighted by Crippen LogP contribution is -2.42. The first kappa shape index (κ1) is 22.7. The molecule has 0 bridgehead atoms. The van der Waals surface area contributed by atoms with Gasteiger partial charge in [0.05, 0.1) is 6.21 Å². The monoisotopic (exact) mass is 467 g/mol. The van der Waals surface area contributed by atoms with E-state index in [1.54, 1.807) is 6.21 Å². The molecule has 0 spiro atoms. The fourth-order valence-corrected chi connectivity index (χ4v) is 4.19. The van der Waals surface area contributed by atoms with Crippen LogP contribution in [0.25, 0.3) is 10.9 Å². The summed E-state index contributed by atoms with van der Waals surface area (Å²) in [5.74, 6) is 0.884. The lowest BCUT2D eigenvalue weighted by atomic mass is 9.87. The number of hydrogen-bond donors (Lipinski definition) is 1. The van der Waals surface area contributed by atoms with Gasteiger partial charge in [-0.1, -0.05) is 75.4 Å². The highest BCUT2D eigenvalue weighted by Crippen LogP contribution is 2.36. The molecule has 3 aromatic carbocycles. The summed E-state index contributed by atoms with van der Waals surface area (Å²) in [6.45, 7) is 7.29. The van der Waals surface area contributed by atoms with Gasteiger partial charge in [-0.2, -0.15) is 5.10 Å². The third-order valence-electron chi connectivity index (χ3n) is 6.16. The van der Waals surface area contributed by atoms with Crippen LogP contribution in [0.15, 0.2) is 84.1 Å². The van der Waals surface area contributed by atoms with Crippen LogP contribution in [-0.2, 0) is 16.8 Å². The maximum Gasteiger partial charge on any atom is 0.284 e. The van der Waals surface area contributed by atoms with E-state index in [1.807, 2.05) is 48.5 Å².